The molecule has 1 aromatic heterocycles. The Morgan fingerprint density at radius 3 is 2.58 bits per heavy atom. The highest BCUT2D eigenvalue weighted by molar-refractivity contribution is 5.89. The van der Waals surface area contributed by atoms with E-state index in [1.54, 1.807) is 11.9 Å². The maximum atomic E-state index is 12.0. The Bertz CT molecular complexity index is 560. The van der Waals surface area contributed by atoms with Crippen molar-refractivity contribution in [3.8, 4) is 0 Å². The van der Waals surface area contributed by atoms with Crippen molar-refractivity contribution >= 4 is 11.7 Å². The molecule has 0 saturated heterocycles. The van der Waals surface area contributed by atoms with Crippen LogP contribution in [0.5, 0.6) is 0 Å². The zero-order valence-electron chi connectivity index (χ0n) is 11.3. The SMILES string of the molecule is Cc1ccc(NC(=O)N(C)Cc2cc(C)no2)cc1. The van der Waals surface area contributed by atoms with Crippen molar-refractivity contribution in [1.29, 1.82) is 0 Å². The number of hydrogen-bond donors (Lipinski definition) is 1. The smallest absolute Gasteiger partial charge is 0.321 e. The summed E-state index contributed by atoms with van der Waals surface area (Å²) in [6, 6.07) is 9.29. The van der Waals surface area contributed by atoms with Gasteiger partial charge in [-0.05, 0) is 26.0 Å². The fourth-order valence-electron chi connectivity index (χ4n) is 1.65. The minimum atomic E-state index is -0.182. The minimum Gasteiger partial charge on any atom is -0.359 e. The van der Waals surface area contributed by atoms with E-state index in [0.29, 0.717) is 12.3 Å². The molecule has 0 atom stereocenters. The Balaban J connectivity index is 1.94. The van der Waals surface area contributed by atoms with Crippen LogP contribution in [0.3, 0.4) is 0 Å². The Labute approximate surface area is 112 Å². The molecule has 0 aliphatic carbocycles. The van der Waals surface area contributed by atoms with Gasteiger partial charge in [-0.2, -0.15) is 0 Å². The standard InChI is InChI=1S/C14H17N3O2/c1-10-4-6-12(7-5-10)15-14(18)17(3)9-13-8-11(2)16-19-13/h4-8H,9H2,1-3H3,(H,15,18). The molecule has 5 heteroatoms. The second-order valence-electron chi connectivity index (χ2n) is 4.59. The Kier molecular flexibility index (Phi) is 3.85. The number of nitrogens with one attached hydrogen (secondary N) is 1. The number of rotatable bonds is 3. The van der Waals surface area contributed by atoms with Crippen LogP contribution in [0, 0.1) is 13.8 Å². The van der Waals surface area contributed by atoms with Crippen LogP contribution in [0.25, 0.3) is 0 Å². The monoisotopic (exact) mass is 259 g/mol. The molecule has 0 aliphatic rings. The van der Waals surface area contributed by atoms with Crippen molar-refractivity contribution in [2.45, 2.75) is 20.4 Å². The molecule has 5 nitrogen and oxygen atoms in total. The molecule has 0 unspecified atom stereocenters. The normalized spacial score (nSPS) is 10.3. The van der Waals surface area contributed by atoms with Gasteiger partial charge in [-0.1, -0.05) is 22.9 Å². The van der Waals surface area contributed by atoms with Gasteiger partial charge in [0.05, 0.1) is 12.2 Å². The third-order valence-electron chi connectivity index (χ3n) is 2.72. The van der Waals surface area contributed by atoms with Gasteiger partial charge in [0.15, 0.2) is 5.76 Å². The van der Waals surface area contributed by atoms with Gasteiger partial charge >= 0.3 is 6.03 Å². The van der Waals surface area contributed by atoms with Crippen LogP contribution in [-0.4, -0.2) is 23.1 Å². The van der Waals surface area contributed by atoms with Gasteiger partial charge in [0, 0.05) is 18.8 Å². The van der Waals surface area contributed by atoms with Crippen molar-refractivity contribution in [1.82, 2.24) is 10.1 Å². The maximum Gasteiger partial charge on any atom is 0.321 e. The first-order valence-corrected chi connectivity index (χ1v) is 6.05. The van der Waals surface area contributed by atoms with Gasteiger partial charge in [0.25, 0.3) is 0 Å². The number of carbonyl (C=O) groups excluding carboxylic acids is 1. The lowest BCUT2D eigenvalue weighted by Gasteiger charge is -2.16. The first kappa shape index (κ1) is 13.1. The van der Waals surface area contributed by atoms with E-state index in [0.717, 1.165) is 16.9 Å². The summed E-state index contributed by atoms with van der Waals surface area (Å²) < 4.78 is 5.08. The molecular weight excluding hydrogens is 242 g/mol. The number of nitrogens with zero attached hydrogens (tertiary/aromatic N) is 2. The van der Waals surface area contributed by atoms with E-state index >= 15 is 0 Å². The van der Waals surface area contributed by atoms with Crippen LogP contribution in [0.1, 0.15) is 17.0 Å². The average Bonchev–Trinajstić information content (AvgIpc) is 2.77. The molecule has 0 fully saturated rings. The van der Waals surface area contributed by atoms with E-state index in [-0.39, 0.29) is 6.03 Å². The quantitative estimate of drug-likeness (QED) is 0.921. The first-order valence-electron chi connectivity index (χ1n) is 6.05. The van der Waals surface area contributed by atoms with Crippen molar-refractivity contribution in [2.24, 2.45) is 0 Å². The van der Waals surface area contributed by atoms with E-state index < -0.39 is 0 Å². The van der Waals surface area contributed by atoms with Crippen molar-refractivity contribution < 1.29 is 9.32 Å². The summed E-state index contributed by atoms with van der Waals surface area (Å²) in [7, 11) is 1.71. The zero-order valence-corrected chi connectivity index (χ0v) is 11.3. The highest BCUT2D eigenvalue weighted by atomic mass is 16.5. The lowest BCUT2D eigenvalue weighted by atomic mass is 10.2. The summed E-state index contributed by atoms with van der Waals surface area (Å²) in [5.41, 5.74) is 2.74. The van der Waals surface area contributed by atoms with E-state index in [9.17, 15) is 4.79 Å². The van der Waals surface area contributed by atoms with Gasteiger partial charge in [0.1, 0.15) is 0 Å². The highest BCUT2D eigenvalue weighted by Gasteiger charge is 2.11. The van der Waals surface area contributed by atoms with Crippen LogP contribution in [-0.2, 0) is 6.54 Å². The molecule has 1 heterocycles. The maximum absolute atomic E-state index is 12.0. The summed E-state index contributed by atoms with van der Waals surface area (Å²) in [6.45, 7) is 4.24. The summed E-state index contributed by atoms with van der Waals surface area (Å²) in [6.07, 6.45) is 0. The van der Waals surface area contributed by atoms with E-state index in [4.69, 9.17) is 4.52 Å². The van der Waals surface area contributed by atoms with Crippen LogP contribution in [0.2, 0.25) is 0 Å². The van der Waals surface area contributed by atoms with Crippen molar-refractivity contribution in [2.75, 3.05) is 12.4 Å². The molecule has 1 N–H and O–H groups in total. The molecule has 100 valence electrons. The van der Waals surface area contributed by atoms with E-state index in [2.05, 4.69) is 10.5 Å². The Hall–Kier alpha value is -2.30. The molecule has 19 heavy (non-hydrogen) atoms. The summed E-state index contributed by atoms with van der Waals surface area (Å²) >= 11 is 0. The lowest BCUT2D eigenvalue weighted by Crippen LogP contribution is -2.30. The third-order valence-corrected chi connectivity index (χ3v) is 2.72. The molecule has 0 aliphatic heterocycles. The topological polar surface area (TPSA) is 58.4 Å². The van der Waals surface area contributed by atoms with E-state index in [1.807, 2.05) is 44.2 Å². The van der Waals surface area contributed by atoms with Gasteiger partial charge in [-0.25, -0.2) is 4.79 Å². The predicted octanol–water partition coefficient (Wildman–Crippen LogP) is 2.96. The number of aromatic nitrogens is 1. The Morgan fingerprint density at radius 1 is 1.32 bits per heavy atom. The molecule has 0 spiro atoms. The number of amides is 2. The van der Waals surface area contributed by atoms with Gasteiger partial charge < -0.3 is 14.7 Å². The van der Waals surface area contributed by atoms with E-state index in [1.165, 1.54) is 0 Å². The van der Waals surface area contributed by atoms with Crippen molar-refractivity contribution in [3.63, 3.8) is 0 Å². The van der Waals surface area contributed by atoms with Gasteiger partial charge in [-0.15, -0.1) is 0 Å². The molecule has 2 aromatic rings. The molecule has 2 rings (SSSR count). The number of benzene rings is 1. The number of anilines is 1. The van der Waals surface area contributed by atoms with Crippen LogP contribution in [0.4, 0.5) is 10.5 Å². The molecule has 0 bridgehead atoms. The largest absolute Gasteiger partial charge is 0.359 e. The first-order chi connectivity index (χ1) is 9.04. The number of carbonyl (C=O) groups is 1. The predicted molar refractivity (Wildman–Crippen MR) is 72.9 cm³/mol. The minimum absolute atomic E-state index is 0.182. The Morgan fingerprint density at radius 2 is 2.00 bits per heavy atom. The van der Waals surface area contributed by atoms with Crippen LogP contribution < -0.4 is 5.32 Å². The fraction of sp³-hybridized carbons (Fsp3) is 0.286. The molecular formula is C14H17N3O2. The molecule has 0 radical (unpaired) electrons. The van der Waals surface area contributed by atoms with Crippen molar-refractivity contribution in [3.05, 3.63) is 47.3 Å². The van der Waals surface area contributed by atoms with Crippen LogP contribution in [0.15, 0.2) is 34.9 Å². The highest BCUT2D eigenvalue weighted by Crippen LogP contribution is 2.11. The average molecular weight is 259 g/mol. The number of hydrogen-bond acceptors (Lipinski definition) is 3. The summed E-state index contributed by atoms with van der Waals surface area (Å²) in [5.74, 6) is 0.666. The molecule has 2 amide bonds. The number of urea groups is 1. The summed E-state index contributed by atoms with van der Waals surface area (Å²) in [4.78, 5) is 13.5. The van der Waals surface area contributed by atoms with Gasteiger partial charge in [0.2, 0.25) is 0 Å². The van der Waals surface area contributed by atoms with Crippen LogP contribution >= 0.6 is 0 Å². The third kappa shape index (κ3) is 3.58. The lowest BCUT2D eigenvalue weighted by molar-refractivity contribution is 0.214. The second kappa shape index (κ2) is 5.56. The molecule has 1 aromatic carbocycles. The van der Waals surface area contributed by atoms with Gasteiger partial charge in [-0.3, -0.25) is 0 Å². The fourth-order valence-corrected chi connectivity index (χ4v) is 1.65. The zero-order chi connectivity index (χ0) is 13.8. The number of aryl methyl sites for hydroxylation is 2. The summed E-state index contributed by atoms with van der Waals surface area (Å²) in [5, 5.41) is 6.61. The molecule has 0 saturated carbocycles. The second-order valence-corrected chi connectivity index (χ2v) is 4.59.